The summed E-state index contributed by atoms with van der Waals surface area (Å²) in [6, 6.07) is 4.33. The van der Waals surface area contributed by atoms with E-state index < -0.39 is 72.8 Å². The van der Waals surface area contributed by atoms with Crippen molar-refractivity contribution in [1.29, 1.82) is 0 Å². The number of hydrogen-bond donors (Lipinski definition) is 0. The topological polar surface area (TPSA) is 189 Å². The molecule has 1 saturated heterocycles. The second-order valence-electron chi connectivity index (χ2n) is 11.3. The van der Waals surface area contributed by atoms with Crippen molar-refractivity contribution in [2.75, 3.05) is 13.2 Å². The van der Waals surface area contributed by atoms with E-state index in [1.807, 2.05) is 0 Å². The molecule has 49 heavy (non-hydrogen) atoms. The molecule has 0 spiro atoms. The van der Waals surface area contributed by atoms with Crippen LogP contribution >= 0.6 is 0 Å². The number of ether oxygens (including phenoxy) is 8. The summed E-state index contributed by atoms with van der Waals surface area (Å²) in [7, 11) is 0. The Hall–Kier alpha value is -4.66. The molecule has 1 aromatic heterocycles. The van der Waals surface area contributed by atoms with Crippen molar-refractivity contribution in [3.63, 3.8) is 0 Å². The van der Waals surface area contributed by atoms with Crippen LogP contribution < -0.4 is 19.8 Å². The molecule has 0 amide bonds. The molecular weight excluding hydrogens is 648 g/mol. The Morgan fingerprint density at radius 2 is 1.39 bits per heavy atom. The number of hydrogen-bond acceptors (Lipinski definition) is 15. The predicted octanol–water partition coefficient (Wildman–Crippen LogP) is 4.31. The van der Waals surface area contributed by atoms with Crippen LogP contribution in [0, 0.1) is 0 Å². The van der Waals surface area contributed by atoms with Gasteiger partial charge in [-0.15, -0.1) is 0 Å². The van der Waals surface area contributed by atoms with Gasteiger partial charge in [0.15, 0.2) is 18.0 Å². The second-order valence-corrected chi connectivity index (χ2v) is 11.3. The van der Waals surface area contributed by atoms with E-state index in [1.165, 1.54) is 18.2 Å². The summed E-state index contributed by atoms with van der Waals surface area (Å²) in [5, 5.41) is 0.304. The van der Waals surface area contributed by atoms with Gasteiger partial charge >= 0.3 is 35.5 Å². The van der Waals surface area contributed by atoms with Gasteiger partial charge in [-0.05, 0) is 18.6 Å². The van der Waals surface area contributed by atoms with E-state index in [9.17, 15) is 28.8 Å². The van der Waals surface area contributed by atoms with Crippen LogP contribution in [0.4, 0.5) is 0 Å². The molecule has 0 saturated carbocycles. The van der Waals surface area contributed by atoms with Crippen molar-refractivity contribution < 1.29 is 66.3 Å². The number of esters is 5. The maximum atomic E-state index is 13.0. The molecule has 15 nitrogen and oxygen atoms in total. The Morgan fingerprint density at radius 3 is 2.02 bits per heavy atom. The lowest BCUT2D eigenvalue weighted by atomic mass is 9.98. The van der Waals surface area contributed by atoms with Crippen molar-refractivity contribution in [2.24, 2.45) is 0 Å². The molecule has 0 bridgehead atoms. The minimum absolute atomic E-state index is 0.00220. The summed E-state index contributed by atoms with van der Waals surface area (Å²) in [5.74, 6) is -4.01. The highest BCUT2D eigenvalue weighted by molar-refractivity contribution is 5.88. The first kappa shape index (κ1) is 38.8. The summed E-state index contributed by atoms with van der Waals surface area (Å²) in [6.07, 6.45) is -1.00. The number of carbonyl (C=O) groups excluding carboxylic acids is 5. The quantitative estimate of drug-likeness (QED) is 0.0986. The predicted molar refractivity (Wildman–Crippen MR) is 170 cm³/mol. The molecule has 15 heteroatoms. The molecule has 1 aliphatic rings. The lowest BCUT2D eigenvalue weighted by molar-refractivity contribution is -0.288. The molecule has 3 rings (SSSR count). The fourth-order valence-corrected chi connectivity index (χ4v) is 5.10. The first-order chi connectivity index (χ1) is 23.3. The van der Waals surface area contributed by atoms with E-state index in [0.29, 0.717) is 11.8 Å². The molecular formula is C34H44O15. The van der Waals surface area contributed by atoms with Crippen LogP contribution in [0.2, 0.25) is 0 Å². The largest absolute Gasteiger partial charge is 0.489 e. The first-order valence-corrected chi connectivity index (χ1v) is 16.3. The van der Waals surface area contributed by atoms with Crippen molar-refractivity contribution in [3.8, 4) is 17.2 Å². The molecule has 5 atom stereocenters. The lowest BCUT2D eigenvalue weighted by Gasteiger charge is -2.43. The van der Waals surface area contributed by atoms with Gasteiger partial charge in [-0.2, -0.15) is 0 Å². The van der Waals surface area contributed by atoms with Gasteiger partial charge in [0.2, 0.25) is 12.4 Å². The normalized spacial score (nSPS) is 20.2. The van der Waals surface area contributed by atoms with Gasteiger partial charge in [-0.25, -0.2) is 4.79 Å². The van der Waals surface area contributed by atoms with E-state index in [2.05, 4.69) is 6.92 Å². The summed E-state index contributed by atoms with van der Waals surface area (Å²) in [6.45, 7) is 8.01. The Bertz CT molecular complexity index is 1530. The third kappa shape index (κ3) is 11.5. The highest BCUT2D eigenvalue weighted by atomic mass is 16.7. The Balaban J connectivity index is 2.00. The van der Waals surface area contributed by atoms with Crippen LogP contribution in [0.15, 0.2) is 27.4 Å². The maximum Gasteiger partial charge on any atom is 0.383 e. The van der Waals surface area contributed by atoms with E-state index in [-0.39, 0.29) is 35.9 Å². The minimum atomic E-state index is -1.52. The Kier molecular flexibility index (Phi) is 14.9. The van der Waals surface area contributed by atoms with Crippen molar-refractivity contribution in [3.05, 3.63) is 28.6 Å². The van der Waals surface area contributed by atoms with Crippen LogP contribution in [-0.4, -0.2) is 73.8 Å². The molecule has 1 fully saturated rings. The summed E-state index contributed by atoms with van der Waals surface area (Å²) < 4.78 is 50.2. The zero-order valence-corrected chi connectivity index (χ0v) is 28.6. The number of carbonyl (C=O) groups is 5. The van der Waals surface area contributed by atoms with Gasteiger partial charge in [-0.3, -0.25) is 24.0 Å². The van der Waals surface area contributed by atoms with Crippen LogP contribution in [0.3, 0.4) is 0 Å². The molecule has 1 aliphatic heterocycles. The molecule has 2 heterocycles. The van der Waals surface area contributed by atoms with Crippen LogP contribution in [0.5, 0.6) is 17.2 Å². The number of benzene rings is 1. The van der Waals surface area contributed by atoms with E-state index >= 15 is 0 Å². The van der Waals surface area contributed by atoms with Crippen molar-refractivity contribution >= 4 is 40.8 Å². The first-order valence-electron chi connectivity index (χ1n) is 16.3. The van der Waals surface area contributed by atoms with Gasteiger partial charge < -0.3 is 42.3 Å². The third-order valence-corrected chi connectivity index (χ3v) is 7.24. The standard InChI is InChI=1S/C34H44O15/c1-7-9-10-11-12-13-16-41-28-24-15-14-23(17-25(24)47-33(40)31(28)49-27(39)8-2)46-34-32(45-22(6)38)30(44-21(5)37)29(43-20(4)36)26(48-34)18-42-19(3)35/h14-15,17,26,29-30,32,34H,7-13,16,18H2,1-6H3/t26-,29-,30+,32-,34-/m1/s1. The van der Waals surface area contributed by atoms with Crippen LogP contribution in [0.1, 0.15) is 86.5 Å². The van der Waals surface area contributed by atoms with E-state index in [1.54, 1.807) is 6.92 Å². The van der Waals surface area contributed by atoms with Crippen molar-refractivity contribution in [2.45, 2.75) is 117 Å². The molecule has 2 aromatic rings. The monoisotopic (exact) mass is 692 g/mol. The summed E-state index contributed by atoms with van der Waals surface area (Å²) in [4.78, 5) is 73.1. The molecule has 270 valence electrons. The SMILES string of the molecule is CCCCCCCCOc1c(OC(=O)CC)c(=O)oc2cc(O[C@@H]3O[C@H](COC(C)=O)[C@@H](OC(C)=O)[C@H](OC(C)=O)[C@H]3OC(C)=O)ccc12. The number of fused-ring (bicyclic) bond motifs is 1. The van der Waals surface area contributed by atoms with Gasteiger partial charge in [-0.1, -0.05) is 46.0 Å². The molecule has 0 aliphatic carbocycles. The number of unbranched alkanes of at least 4 members (excludes halogenated alkanes) is 5. The Labute approximate surface area is 283 Å². The maximum absolute atomic E-state index is 13.0. The van der Waals surface area contributed by atoms with Gasteiger partial charge in [0, 0.05) is 40.2 Å². The highest BCUT2D eigenvalue weighted by Crippen LogP contribution is 2.37. The smallest absolute Gasteiger partial charge is 0.383 e. The highest BCUT2D eigenvalue weighted by Gasteiger charge is 2.53. The van der Waals surface area contributed by atoms with Gasteiger partial charge in [0.1, 0.15) is 24.0 Å². The average Bonchev–Trinajstić information content (AvgIpc) is 3.02. The Morgan fingerprint density at radius 1 is 0.755 bits per heavy atom. The third-order valence-electron chi connectivity index (χ3n) is 7.24. The van der Waals surface area contributed by atoms with Crippen LogP contribution in [0.25, 0.3) is 11.0 Å². The molecule has 1 aromatic carbocycles. The molecule has 0 radical (unpaired) electrons. The van der Waals surface area contributed by atoms with Gasteiger partial charge in [0.05, 0.1) is 12.0 Å². The van der Waals surface area contributed by atoms with Crippen LogP contribution in [-0.2, 0) is 47.7 Å². The van der Waals surface area contributed by atoms with Gasteiger partial charge in [0.25, 0.3) is 5.75 Å². The summed E-state index contributed by atoms with van der Waals surface area (Å²) >= 11 is 0. The molecule has 0 N–H and O–H groups in total. The average molecular weight is 693 g/mol. The zero-order chi connectivity index (χ0) is 36.1. The lowest BCUT2D eigenvalue weighted by Crippen LogP contribution is -2.63. The minimum Gasteiger partial charge on any atom is -0.489 e. The zero-order valence-electron chi connectivity index (χ0n) is 28.6. The summed E-state index contributed by atoms with van der Waals surface area (Å²) in [5.41, 5.74) is -0.959. The second kappa shape index (κ2) is 18.8. The van der Waals surface area contributed by atoms with Crippen molar-refractivity contribution in [1.82, 2.24) is 0 Å². The molecule has 0 unspecified atom stereocenters. The fraction of sp³-hybridized carbons (Fsp3) is 0.588. The fourth-order valence-electron chi connectivity index (χ4n) is 5.10. The van der Waals surface area contributed by atoms with E-state index in [0.717, 1.165) is 59.8 Å². The number of rotatable bonds is 17. The van der Waals surface area contributed by atoms with E-state index in [4.69, 9.17) is 42.3 Å².